The Morgan fingerprint density at radius 1 is 0.941 bits per heavy atom. The van der Waals surface area contributed by atoms with Gasteiger partial charge in [-0.1, -0.05) is 74.5 Å². The lowest BCUT2D eigenvalue weighted by Gasteiger charge is -2.36. The van der Waals surface area contributed by atoms with E-state index in [1.165, 1.54) is 6.92 Å². The first-order valence-electron chi connectivity index (χ1n) is 11.6. The lowest BCUT2D eigenvalue weighted by Crippen LogP contribution is -2.38. The number of aromatic hydroxyl groups is 1. The monoisotopic (exact) mass is 452 g/mol. The minimum atomic E-state index is -0.587. The summed E-state index contributed by atoms with van der Waals surface area (Å²) in [4.78, 5) is 28.3. The molecule has 34 heavy (non-hydrogen) atoms. The Balaban J connectivity index is 1.72. The summed E-state index contributed by atoms with van der Waals surface area (Å²) in [6.07, 6.45) is 1.05. The molecule has 0 bridgehead atoms. The van der Waals surface area contributed by atoms with E-state index in [1.54, 1.807) is 17.0 Å². The van der Waals surface area contributed by atoms with E-state index in [0.29, 0.717) is 29.8 Å². The van der Waals surface area contributed by atoms with Gasteiger partial charge in [0.25, 0.3) is 0 Å². The van der Waals surface area contributed by atoms with Crippen LogP contribution in [0.25, 0.3) is 11.1 Å². The lowest BCUT2D eigenvalue weighted by molar-refractivity contribution is -0.118. The Hall–Kier alpha value is -3.86. The van der Waals surface area contributed by atoms with Crippen LogP contribution in [0.3, 0.4) is 0 Å². The maximum atomic E-state index is 13.6. The first-order valence-corrected chi connectivity index (χ1v) is 11.6. The quantitative estimate of drug-likeness (QED) is 0.453. The molecule has 1 aliphatic carbocycles. The number of allylic oxidation sites excluding steroid dienone is 1. The number of hydrogen-bond donors (Lipinski definition) is 2. The van der Waals surface area contributed by atoms with Crippen LogP contribution in [0.15, 0.2) is 84.1 Å². The number of ketones is 1. The molecule has 0 saturated heterocycles. The van der Waals surface area contributed by atoms with Gasteiger partial charge >= 0.3 is 0 Å². The van der Waals surface area contributed by atoms with Crippen molar-refractivity contribution in [2.75, 3.05) is 10.2 Å². The van der Waals surface area contributed by atoms with Crippen molar-refractivity contribution in [3.63, 3.8) is 0 Å². The Bertz CT molecular complexity index is 1310. The zero-order valence-corrected chi connectivity index (χ0v) is 19.6. The third-order valence-corrected chi connectivity index (χ3v) is 6.68. The summed E-state index contributed by atoms with van der Waals surface area (Å²) >= 11 is 0. The third kappa shape index (κ3) is 3.77. The van der Waals surface area contributed by atoms with Crippen LogP contribution >= 0.6 is 0 Å². The zero-order chi connectivity index (χ0) is 24.0. The van der Waals surface area contributed by atoms with Gasteiger partial charge in [0.15, 0.2) is 5.78 Å². The van der Waals surface area contributed by atoms with Gasteiger partial charge in [-0.15, -0.1) is 0 Å². The molecule has 0 aromatic heterocycles. The molecule has 0 saturated carbocycles. The number of benzene rings is 3. The number of phenols is 1. The van der Waals surface area contributed by atoms with Gasteiger partial charge in [-0.2, -0.15) is 0 Å². The van der Waals surface area contributed by atoms with Crippen molar-refractivity contribution in [1.29, 1.82) is 0 Å². The molecule has 1 unspecified atom stereocenters. The molecule has 1 atom stereocenters. The maximum Gasteiger partial charge on any atom is 0.224 e. The van der Waals surface area contributed by atoms with E-state index in [1.807, 2.05) is 48.5 Å². The van der Waals surface area contributed by atoms with E-state index in [2.05, 4.69) is 31.3 Å². The number of hydrogen-bond acceptors (Lipinski definition) is 4. The van der Waals surface area contributed by atoms with Crippen molar-refractivity contribution in [2.45, 2.75) is 39.7 Å². The number of nitrogens with zero attached hydrogens (tertiary/aromatic N) is 1. The smallest absolute Gasteiger partial charge is 0.224 e. The van der Waals surface area contributed by atoms with Crippen LogP contribution in [0.4, 0.5) is 11.4 Å². The molecular formula is C29H28N2O3. The van der Waals surface area contributed by atoms with Crippen LogP contribution in [-0.2, 0) is 9.59 Å². The minimum Gasteiger partial charge on any atom is -0.506 e. The highest BCUT2D eigenvalue weighted by atomic mass is 16.3. The molecule has 172 valence electrons. The Morgan fingerprint density at radius 3 is 2.29 bits per heavy atom. The number of para-hydroxylation sites is 1. The van der Waals surface area contributed by atoms with Crippen molar-refractivity contribution < 1.29 is 14.7 Å². The zero-order valence-electron chi connectivity index (χ0n) is 19.6. The summed E-state index contributed by atoms with van der Waals surface area (Å²) in [5.74, 6) is -0.127. The Kier molecular flexibility index (Phi) is 5.28. The molecule has 2 N–H and O–H groups in total. The topological polar surface area (TPSA) is 69.6 Å². The van der Waals surface area contributed by atoms with Crippen LogP contribution in [0, 0.1) is 5.41 Å². The standard InChI is InChI=1S/C29H28N2O3/c1-18(32)31-23-10-7-11-24(33)27(23)30-22-16-29(2,3)17-25(34)26(22)28(31)21-14-12-20(13-15-21)19-8-5-4-6-9-19/h4-15,28,30,33H,16-17H2,1-3H3. The number of phenolic OH excluding ortho intramolecular Hbond substituents is 1. The first-order chi connectivity index (χ1) is 16.2. The molecule has 3 aromatic carbocycles. The van der Waals surface area contributed by atoms with E-state index in [-0.39, 0.29) is 22.9 Å². The molecule has 0 radical (unpaired) electrons. The predicted octanol–water partition coefficient (Wildman–Crippen LogP) is 6.22. The number of anilines is 2. The van der Waals surface area contributed by atoms with E-state index in [0.717, 1.165) is 22.4 Å². The summed E-state index contributed by atoms with van der Waals surface area (Å²) in [5, 5.41) is 14.0. The molecule has 1 heterocycles. The summed E-state index contributed by atoms with van der Waals surface area (Å²) in [6.45, 7) is 5.64. The maximum absolute atomic E-state index is 13.6. The highest BCUT2D eigenvalue weighted by Crippen LogP contribution is 2.50. The second-order valence-electron chi connectivity index (χ2n) is 9.91. The van der Waals surface area contributed by atoms with Crippen LogP contribution in [0.5, 0.6) is 5.75 Å². The molecule has 0 fully saturated rings. The molecule has 2 aliphatic rings. The predicted molar refractivity (Wildman–Crippen MR) is 135 cm³/mol. The Morgan fingerprint density at radius 2 is 1.62 bits per heavy atom. The van der Waals surface area contributed by atoms with Gasteiger partial charge in [0.1, 0.15) is 11.4 Å². The van der Waals surface area contributed by atoms with Crippen molar-refractivity contribution in [3.8, 4) is 16.9 Å². The van der Waals surface area contributed by atoms with Crippen molar-refractivity contribution >= 4 is 23.1 Å². The highest BCUT2D eigenvalue weighted by molar-refractivity contribution is 6.06. The SMILES string of the molecule is CC(=O)N1c2cccc(O)c2NC2=C(C(=O)CC(C)(C)C2)C1c1ccc(-c2ccccc2)cc1. The highest BCUT2D eigenvalue weighted by Gasteiger charge is 2.43. The fraction of sp³-hybridized carbons (Fsp3) is 0.241. The second kappa shape index (κ2) is 8.17. The number of nitrogens with one attached hydrogen (secondary N) is 1. The summed E-state index contributed by atoms with van der Waals surface area (Å²) < 4.78 is 0. The van der Waals surface area contributed by atoms with Gasteiger partial charge in [-0.05, 0) is 40.7 Å². The van der Waals surface area contributed by atoms with Crippen LogP contribution < -0.4 is 10.2 Å². The van der Waals surface area contributed by atoms with Crippen LogP contribution in [0.1, 0.15) is 45.2 Å². The summed E-state index contributed by atoms with van der Waals surface area (Å²) in [5.41, 5.74) is 5.18. The Labute approximate surface area is 199 Å². The molecule has 1 amide bonds. The van der Waals surface area contributed by atoms with E-state index < -0.39 is 6.04 Å². The minimum absolute atomic E-state index is 0.0226. The number of amides is 1. The number of Topliss-reactive ketones (excluding diaryl/α,β-unsaturated/α-hetero) is 1. The number of carbonyl (C=O) groups excluding carboxylic acids is 2. The van der Waals surface area contributed by atoms with Gasteiger partial charge in [0.2, 0.25) is 5.91 Å². The molecule has 5 heteroatoms. The average Bonchev–Trinajstić information content (AvgIpc) is 2.94. The van der Waals surface area contributed by atoms with Crippen molar-refractivity contribution in [3.05, 3.63) is 89.6 Å². The second-order valence-corrected chi connectivity index (χ2v) is 9.91. The van der Waals surface area contributed by atoms with Crippen molar-refractivity contribution in [2.24, 2.45) is 5.41 Å². The molecular weight excluding hydrogens is 424 g/mol. The van der Waals surface area contributed by atoms with E-state index in [9.17, 15) is 14.7 Å². The fourth-order valence-electron chi connectivity index (χ4n) is 5.20. The fourth-order valence-corrected chi connectivity index (χ4v) is 5.20. The third-order valence-electron chi connectivity index (χ3n) is 6.68. The molecule has 3 aromatic rings. The van der Waals surface area contributed by atoms with Crippen LogP contribution in [0.2, 0.25) is 0 Å². The van der Waals surface area contributed by atoms with Crippen LogP contribution in [-0.4, -0.2) is 16.8 Å². The molecule has 5 rings (SSSR count). The summed E-state index contributed by atoms with van der Waals surface area (Å²) in [7, 11) is 0. The van der Waals surface area contributed by atoms with E-state index >= 15 is 0 Å². The summed E-state index contributed by atoms with van der Waals surface area (Å²) in [6, 6.07) is 22.7. The van der Waals surface area contributed by atoms with Gasteiger partial charge < -0.3 is 10.4 Å². The number of fused-ring (bicyclic) bond motifs is 1. The lowest BCUT2D eigenvalue weighted by atomic mass is 9.73. The van der Waals surface area contributed by atoms with Gasteiger partial charge in [-0.25, -0.2) is 0 Å². The van der Waals surface area contributed by atoms with Gasteiger partial charge in [0.05, 0.1) is 11.7 Å². The normalized spacial score (nSPS) is 19.1. The largest absolute Gasteiger partial charge is 0.506 e. The number of rotatable bonds is 2. The first kappa shape index (κ1) is 22.0. The van der Waals surface area contributed by atoms with Gasteiger partial charge in [0, 0.05) is 24.6 Å². The molecule has 0 spiro atoms. The van der Waals surface area contributed by atoms with E-state index in [4.69, 9.17) is 0 Å². The molecule has 1 aliphatic heterocycles. The van der Waals surface area contributed by atoms with Crippen molar-refractivity contribution in [1.82, 2.24) is 0 Å². The molecule has 5 nitrogen and oxygen atoms in total. The van der Waals surface area contributed by atoms with Gasteiger partial charge in [-0.3, -0.25) is 14.5 Å². The average molecular weight is 453 g/mol. The number of carbonyl (C=O) groups is 2.